The fourth-order valence-corrected chi connectivity index (χ4v) is 1.69. The molecular formula is C12H20ClNO4. The molecule has 0 N–H and O–H groups in total. The fraction of sp³-hybridized carbons (Fsp3) is 0.833. The maximum absolute atomic E-state index is 12.1. The lowest BCUT2D eigenvalue weighted by molar-refractivity contribution is -0.147. The summed E-state index contributed by atoms with van der Waals surface area (Å²) in [6, 6.07) is -0.820. The number of ether oxygens (including phenoxy) is 2. The third-order valence-corrected chi connectivity index (χ3v) is 2.61. The number of nitrogens with zero attached hydrogens (tertiary/aromatic N) is 1. The molecule has 0 aromatic rings. The van der Waals surface area contributed by atoms with E-state index in [1.54, 1.807) is 27.7 Å². The molecule has 0 radical (unpaired) electrons. The van der Waals surface area contributed by atoms with E-state index in [1.807, 2.05) is 0 Å². The minimum Gasteiger partial charge on any atom is -0.448 e. The lowest BCUT2D eigenvalue weighted by atomic mass is 10.2. The Kier molecular flexibility index (Phi) is 4.85. The van der Waals surface area contributed by atoms with Gasteiger partial charge >= 0.3 is 12.1 Å². The summed E-state index contributed by atoms with van der Waals surface area (Å²) >= 11 is 5.35. The van der Waals surface area contributed by atoms with Crippen molar-refractivity contribution in [1.29, 1.82) is 0 Å². The third-order valence-electron chi connectivity index (χ3n) is 2.50. The van der Waals surface area contributed by atoms with E-state index in [0.29, 0.717) is 0 Å². The normalized spacial score (nSPS) is 16.9. The first-order chi connectivity index (χ1) is 8.26. The van der Waals surface area contributed by atoms with Gasteiger partial charge in [0.05, 0.1) is 0 Å². The number of carbonyl (C=O) groups is 2. The molecule has 0 aromatic heterocycles. The topological polar surface area (TPSA) is 55.8 Å². The highest BCUT2D eigenvalue weighted by molar-refractivity contribution is 6.17. The quantitative estimate of drug-likeness (QED) is 0.585. The number of amides is 1. The van der Waals surface area contributed by atoms with Gasteiger partial charge in [0.2, 0.25) is 0 Å². The van der Waals surface area contributed by atoms with Crippen LogP contribution in [-0.4, -0.2) is 40.7 Å². The van der Waals surface area contributed by atoms with Crippen LogP contribution in [0.1, 0.15) is 40.5 Å². The van der Waals surface area contributed by atoms with Gasteiger partial charge in [0.15, 0.2) is 6.07 Å². The minimum atomic E-state index is -0.675. The van der Waals surface area contributed by atoms with E-state index in [0.717, 1.165) is 12.8 Å². The van der Waals surface area contributed by atoms with Gasteiger partial charge in [-0.3, -0.25) is 4.90 Å². The average Bonchev–Trinajstić information content (AvgIpc) is 2.99. The Morgan fingerprint density at radius 1 is 1.39 bits per heavy atom. The average molecular weight is 278 g/mol. The summed E-state index contributed by atoms with van der Waals surface area (Å²) in [5, 5.41) is 0. The Morgan fingerprint density at radius 3 is 2.33 bits per heavy atom. The number of alkyl halides is 1. The third kappa shape index (κ3) is 4.37. The van der Waals surface area contributed by atoms with E-state index >= 15 is 0 Å². The van der Waals surface area contributed by atoms with Crippen LogP contribution in [0.25, 0.3) is 0 Å². The molecule has 0 heterocycles. The van der Waals surface area contributed by atoms with Crippen molar-refractivity contribution >= 4 is 23.7 Å². The molecule has 0 aliphatic heterocycles. The van der Waals surface area contributed by atoms with Crippen molar-refractivity contribution in [3.8, 4) is 0 Å². The van der Waals surface area contributed by atoms with Gasteiger partial charge in [0, 0.05) is 6.04 Å². The van der Waals surface area contributed by atoms with Gasteiger partial charge in [-0.05, 0) is 40.5 Å². The van der Waals surface area contributed by atoms with Crippen molar-refractivity contribution in [2.45, 2.75) is 58.2 Å². The molecule has 1 aliphatic carbocycles. The Balaban J connectivity index is 2.70. The van der Waals surface area contributed by atoms with Crippen LogP contribution in [-0.2, 0) is 14.3 Å². The molecule has 104 valence electrons. The van der Waals surface area contributed by atoms with Gasteiger partial charge in [-0.1, -0.05) is 11.6 Å². The van der Waals surface area contributed by atoms with Crippen molar-refractivity contribution in [2.75, 3.05) is 6.07 Å². The van der Waals surface area contributed by atoms with E-state index in [9.17, 15) is 9.59 Å². The summed E-state index contributed by atoms with van der Waals surface area (Å²) in [5.41, 5.74) is -0.583. The molecule has 0 aromatic carbocycles. The molecular weight excluding hydrogens is 258 g/mol. The number of hydrogen-bond donors (Lipinski definition) is 0. The minimum absolute atomic E-state index is 0.0673. The van der Waals surface area contributed by atoms with Crippen LogP contribution in [0.2, 0.25) is 0 Å². The van der Waals surface area contributed by atoms with E-state index in [-0.39, 0.29) is 12.1 Å². The second kappa shape index (κ2) is 5.78. The highest BCUT2D eigenvalue weighted by atomic mass is 35.5. The highest BCUT2D eigenvalue weighted by Crippen LogP contribution is 2.30. The second-order valence-electron chi connectivity index (χ2n) is 5.37. The van der Waals surface area contributed by atoms with Crippen molar-refractivity contribution in [1.82, 2.24) is 4.90 Å². The van der Waals surface area contributed by atoms with E-state index in [2.05, 4.69) is 0 Å². The number of esters is 1. The van der Waals surface area contributed by atoms with Crippen molar-refractivity contribution in [3.63, 3.8) is 0 Å². The monoisotopic (exact) mass is 277 g/mol. The molecule has 0 saturated heterocycles. The summed E-state index contributed by atoms with van der Waals surface area (Å²) in [7, 11) is 0. The van der Waals surface area contributed by atoms with Crippen molar-refractivity contribution < 1.29 is 19.1 Å². The molecule has 0 spiro atoms. The lowest BCUT2D eigenvalue weighted by Gasteiger charge is -2.30. The zero-order valence-corrected chi connectivity index (χ0v) is 12.0. The standard InChI is InChI=1S/C12H20ClNO4/c1-8(10(15)17-7-13)14(9-5-6-9)11(16)18-12(2,3)4/h8-9H,5-7H2,1-4H3. The van der Waals surface area contributed by atoms with Gasteiger partial charge in [0.1, 0.15) is 11.6 Å². The van der Waals surface area contributed by atoms with Gasteiger partial charge < -0.3 is 9.47 Å². The van der Waals surface area contributed by atoms with Gasteiger partial charge in [-0.25, -0.2) is 9.59 Å². The Hall–Kier alpha value is -0.970. The number of hydrogen-bond acceptors (Lipinski definition) is 4. The Bertz CT molecular complexity index is 323. The van der Waals surface area contributed by atoms with Crippen LogP contribution in [0.5, 0.6) is 0 Å². The summed E-state index contributed by atoms with van der Waals surface area (Å²) < 4.78 is 10.0. The first-order valence-corrected chi connectivity index (χ1v) is 6.53. The number of halogens is 1. The zero-order chi connectivity index (χ0) is 13.9. The van der Waals surface area contributed by atoms with Crippen LogP contribution in [0.15, 0.2) is 0 Å². The van der Waals surface area contributed by atoms with Crippen molar-refractivity contribution in [2.24, 2.45) is 0 Å². The summed E-state index contributed by atoms with van der Waals surface area (Å²) in [4.78, 5) is 25.1. The van der Waals surface area contributed by atoms with Gasteiger partial charge in [-0.2, -0.15) is 0 Å². The number of rotatable bonds is 4. The second-order valence-corrected chi connectivity index (χ2v) is 5.59. The largest absolute Gasteiger partial charge is 0.448 e. The molecule has 1 atom stereocenters. The summed E-state index contributed by atoms with van der Waals surface area (Å²) in [6.07, 6.45) is 1.29. The molecule has 1 amide bonds. The maximum Gasteiger partial charge on any atom is 0.411 e. The van der Waals surface area contributed by atoms with Crippen LogP contribution >= 0.6 is 11.6 Å². The Morgan fingerprint density at radius 2 is 1.94 bits per heavy atom. The highest BCUT2D eigenvalue weighted by Gasteiger charge is 2.41. The van der Waals surface area contributed by atoms with E-state index < -0.39 is 23.7 Å². The van der Waals surface area contributed by atoms with Crippen LogP contribution in [0.3, 0.4) is 0 Å². The van der Waals surface area contributed by atoms with Crippen molar-refractivity contribution in [3.05, 3.63) is 0 Å². The SMILES string of the molecule is CC(C(=O)OCCl)N(C(=O)OC(C)(C)C)C1CC1. The number of carbonyl (C=O) groups excluding carboxylic acids is 2. The van der Waals surface area contributed by atoms with Gasteiger partial charge in [-0.15, -0.1) is 0 Å². The summed E-state index contributed by atoms with van der Waals surface area (Å²) in [6.45, 7) is 6.99. The molecule has 1 unspecified atom stereocenters. The van der Waals surface area contributed by atoms with E-state index in [1.165, 1.54) is 4.90 Å². The molecule has 5 nitrogen and oxygen atoms in total. The Labute approximate surface area is 112 Å². The zero-order valence-electron chi connectivity index (χ0n) is 11.2. The first kappa shape index (κ1) is 15.1. The molecule has 6 heteroatoms. The molecule has 18 heavy (non-hydrogen) atoms. The molecule has 1 fully saturated rings. The van der Waals surface area contributed by atoms with Crippen LogP contribution in [0.4, 0.5) is 4.79 Å². The van der Waals surface area contributed by atoms with Gasteiger partial charge in [0.25, 0.3) is 0 Å². The van der Waals surface area contributed by atoms with Crippen LogP contribution < -0.4 is 0 Å². The molecule has 1 saturated carbocycles. The molecule has 1 rings (SSSR count). The maximum atomic E-state index is 12.1. The summed E-state index contributed by atoms with van der Waals surface area (Å²) in [5.74, 6) is -0.511. The molecule has 0 bridgehead atoms. The smallest absolute Gasteiger partial charge is 0.411 e. The first-order valence-electron chi connectivity index (χ1n) is 6.00. The predicted molar refractivity (Wildman–Crippen MR) is 67.4 cm³/mol. The van der Waals surface area contributed by atoms with E-state index in [4.69, 9.17) is 21.1 Å². The molecule has 1 aliphatic rings. The fourth-order valence-electron chi connectivity index (χ4n) is 1.58. The predicted octanol–water partition coefficient (Wildman–Crippen LogP) is 2.51. The lowest BCUT2D eigenvalue weighted by Crippen LogP contribution is -2.47. The van der Waals surface area contributed by atoms with Crippen LogP contribution in [0, 0.1) is 0 Å².